The second-order valence-corrected chi connectivity index (χ2v) is 10.1. The zero-order valence-electron chi connectivity index (χ0n) is 16.2. The van der Waals surface area contributed by atoms with Crippen molar-refractivity contribution < 1.29 is 17.9 Å². The molecule has 6 nitrogen and oxygen atoms in total. The summed E-state index contributed by atoms with van der Waals surface area (Å²) < 4.78 is 34.3. The summed E-state index contributed by atoms with van der Waals surface area (Å²) in [6.07, 6.45) is -0.0137. The first-order valence-corrected chi connectivity index (χ1v) is 12.2. The van der Waals surface area contributed by atoms with Crippen molar-refractivity contribution in [3.63, 3.8) is 0 Å². The van der Waals surface area contributed by atoms with Crippen LogP contribution in [0.4, 0.5) is 0 Å². The van der Waals surface area contributed by atoms with E-state index < -0.39 is 16.1 Å². The number of benzene rings is 2. The highest BCUT2D eigenvalue weighted by Gasteiger charge is 2.24. The Hall–Kier alpha value is -2.20. The first-order valence-electron chi connectivity index (χ1n) is 9.08. The van der Waals surface area contributed by atoms with Gasteiger partial charge in [0.2, 0.25) is 15.9 Å². The number of halogens is 1. The quantitative estimate of drug-likeness (QED) is 0.452. The molecule has 0 aliphatic heterocycles. The van der Waals surface area contributed by atoms with Crippen molar-refractivity contribution in [3.05, 3.63) is 81.0 Å². The minimum absolute atomic E-state index is 0.0137. The van der Waals surface area contributed by atoms with E-state index in [1.165, 1.54) is 23.5 Å². The average Bonchev–Trinajstić information content (AvgIpc) is 3.27. The summed E-state index contributed by atoms with van der Waals surface area (Å²) >= 11 is 4.70. The van der Waals surface area contributed by atoms with E-state index in [2.05, 4.69) is 26.0 Å². The van der Waals surface area contributed by atoms with Gasteiger partial charge in [-0.15, -0.1) is 11.3 Å². The third kappa shape index (κ3) is 6.15. The molecule has 0 fully saturated rings. The van der Waals surface area contributed by atoms with E-state index >= 15 is 0 Å². The Balaban J connectivity index is 1.69. The third-order valence-electron chi connectivity index (χ3n) is 4.32. The number of methoxy groups -OCH3 is 1. The van der Waals surface area contributed by atoms with Crippen molar-refractivity contribution in [1.82, 2.24) is 10.0 Å². The van der Waals surface area contributed by atoms with Gasteiger partial charge in [0.15, 0.2) is 0 Å². The molecule has 0 saturated carbocycles. The molecule has 1 amide bonds. The maximum atomic E-state index is 12.8. The molecule has 1 atom stereocenters. The van der Waals surface area contributed by atoms with Gasteiger partial charge in [-0.3, -0.25) is 4.79 Å². The molecule has 9 heteroatoms. The summed E-state index contributed by atoms with van der Waals surface area (Å²) in [5, 5.41) is 4.70. The number of rotatable bonds is 9. The minimum Gasteiger partial charge on any atom is -0.497 e. The number of sulfonamides is 1. The summed E-state index contributed by atoms with van der Waals surface area (Å²) in [4.78, 5) is 13.5. The van der Waals surface area contributed by atoms with E-state index in [9.17, 15) is 13.2 Å². The monoisotopic (exact) mass is 508 g/mol. The van der Waals surface area contributed by atoms with Gasteiger partial charge in [-0.05, 0) is 53.4 Å². The molecule has 3 rings (SSSR count). The highest BCUT2D eigenvalue weighted by atomic mass is 79.9. The molecule has 0 saturated heterocycles. The number of hydrogen-bond donors (Lipinski definition) is 2. The number of ether oxygens (including phenoxy) is 1. The van der Waals surface area contributed by atoms with Gasteiger partial charge in [-0.2, -0.15) is 0 Å². The summed E-state index contributed by atoms with van der Waals surface area (Å²) in [5.74, 6) is 0.454. The molecule has 1 aromatic heterocycles. The zero-order valence-corrected chi connectivity index (χ0v) is 19.4. The highest BCUT2D eigenvalue weighted by molar-refractivity contribution is 9.10. The van der Waals surface area contributed by atoms with Gasteiger partial charge < -0.3 is 10.1 Å². The van der Waals surface area contributed by atoms with Crippen molar-refractivity contribution >= 4 is 43.2 Å². The van der Waals surface area contributed by atoms with Gasteiger partial charge >= 0.3 is 0 Å². The Kier molecular flexibility index (Phi) is 7.65. The van der Waals surface area contributed by atoms with Crippen LogP contribution in [0, 0.1) is 0 Å². The van der Waals surface area contributed by atoms with Crippen molar-refractivity contribution in [3.8, 4) is 5.75 Å². The first kappa shape index (κ1) is 22.5. The maximum Gasteiger partial charge on any atom is 0.241 e. The van der Waals surface area contributed by atoms with Gasteiger partial charge in [0.05, 0.1) is 18.0 Å². The van der Waals surface area contributed by atoms with Crippen LogP contribution in [0.15, 0.2) is 75.4 Å². The van der Waals surface area contributed by atoms with Gasteiger partial charge in [0.25, 0.3) is 0 Å². The van der Waals surface area contributed by atoms with Crippen LogP contribution in [-0.4, -0.2) is 21.4 Å². The second kappa shape index (κ2) is 10.2. The van der Waals surface area contributed by atoms with Crippen LogP contribution < -0.4 is 14.8 Å². The van der Waals surface area contributed by atoms with E-state index in [0.29, 0.717) is 12.3 Å². The zero-order chi connectivity index (χ0) is 21.6. The first-order chi connectivity index (χ1) is 14.4. The Morgan fingerprint density at radius 1 is 1.13 bits per heavy atom. The lowest BCUT2D eigenvalue weighted by molar-refractivity contribution is -0.121. The molecule has 0 aliphatic carbocycles. The largest absolute Gasteiger partial charge is 0.497 e. The fraction of sp³-hybridized carbons (Fsp3) is 0.190. The van der Waals surface area contributed by atoms with E-state index in [1.54, 1.807) is 19.2 Å². The predicted octanol–water partition coefficient (Wildman–Crippen LogP) is 4.25. The number of nitrogens with one attached hydrogen (secondary N) is 2. The van der Waals surface area contributed by atoms with E-state index in [-0.39, 0.29) is 17.2 Å². The predicted molar refractivity (Wildman–Crippen MR) is 121 cm³/mol. The molecule has 3 aromatic rings. The highest BCUT2D eigenvalue weighted by Crippen LogP contribution is 2.25. The van der Waals surface area contributed by atoms with Crippen molar-refractivity contribution in [2.45, 2.75) is 23.9 Å². The van der Waals surface area contributed by atoms with Crippen molar-refractivity contribution in [1.29, 1.82) is 0 Å². The Bertz CT molecular complexity index is 1080. The smallest absolute Gasteiger partial charge is 0.241 e. The van der Waals surface area contributed by atoms with Gasteiger partial charge in [-0.1, -0.05) is 34.1 Å². The Morgan fingerprint density at radius 2 is 1.90 bits per heavy atom. The standard InChI is InChI=1S/C21H21BrN2O4S2/c1-28-17-5-2-4-15(12-17)14-23-21(25)13-19(20-6-3-11-29-20)24-30(26,27)18-9-7-16(22)8-10-18/h2-12,19,24H,13-14H2,1H3,(H,23,25)/t19-/m0/s1. The summed E-state index contributed by atoms with van der Waals surface area (Å²) in [5.41, 5.74) is 0.894. The molecule has 0 unspecified atom stereocenters. The number of hydrogen-bond acceptors (Lipinski definition) is 5. The van der Waals surface area contributed by atoms with Crippen LogP contribution in [0.1, 0.15) is 22.9 Å². The molecule has 30 heavy (non-hydrogen) atoms. The average molecular weight is 509 g/mol. The van der Waals surface area contributed by atoms with Crippen LogP contribution in [0.3, 0.4) is 0 Å². The number of carbonyl (C=O) groups excluding carboxylic acids is 1. The fourth-order valence-electron chi connectivity index (χ4n) is 2.80. The Morgan fingerprint density at radius 3 is 2.57 bits per heavy atom. The van der Waals surface area contributed by atoms with Gasteiger partial charge in [0, 0.05) is 22.3 Å². The molecule has 0 radical (unpaired) electrons. The molecule has 2 N–H and O–H groups in total. The van der Waals surface area contributed by atoms with Crippen LogP contribution >= 0.6 is 27.3 Å². The number of carbonyl (C=O) groups is 1. The van der Waals surface area contributed by atoms with E-state index in [0.717, 1.165) is 14.9 Å². The summed E-state index contributed by atoms with van der Waals surface area (Å²) in [7, 11) is -2.20. The molecule has 2 aromatic carbocycles. The normalized spacial score (nSPS) is 12.3. The fourth-order valence-corrected chi connectivity index (χ4v) is 5.13. The minimum atomic E-state index is -3.78. The van der Waals surface area contributed by atoms with Gasteiger partial charge in [-0.25, -0.2) is 13.1 Å². The molecule has 1 heterocycles. The molecule has 0 spiro atoms. The number of amides is 1. The lowest BCUT2D eigenvalue weighted by Crippen LogP contribution is -2.33. The second-order valence-electron chi connectivity index (χ2n) is 6.48. The number of thiophene rings is 1. The van der Waals surface area contributed by atoms with E-state index in [1.807, 2.05) is 41.8 Å². The molecule has 158 valence electrons. The molecular formula is C21H21BrN2O4S2. The molecule has 0 aliphatic rings. The lowest BCUT2D eigenvalue weighted by atomic mass is 10.1. The van der Waals surface area contributed by atoms with Crippen LogP contribution in [0.2, 0.25) is 0 Å². The van der Waals surface area contributed by atoms with Crippen molar-refractivity contribution in [2.75, 3.05) is 7.11 Å². The topological polar surface area (TPSA) is 84.5 Å². The van der Waals surface area contributed by atoms with Gasteiger partial charge in [0.1, 0.15) is 5.75 Å². The van der Waals surface area contributed by atoms with Crippen LogP contribution in [0.5, 0.6) is 5.75 Å². The maximum absolute atomic E-state index is 12.8. The van der Waals surface area contributed by atoms with E-state index in [4.69, 9.17) is 4.74 Å². The molecular weight excluding hydrogens is 488 g/mol. The van der Waals surface area contributed by atoms with Crippen LogP contribution in [-0.2, 0) is 21.4 Å². The summed E-state index contributed by atoms with van der Waals surface area (Å²) in [6, 6.07) is 16.7. The lowest BCUT2D eigenvalue weighted by Gasteiger charge is -2.18. The van der Waals surface area contributed by atoms with Crippen molar-refractivity contribution in [2.24, 2.45) is 0 Å². The molecule has 0 bridgehead atoms. The third-order valence-corrected chi connectivity index (χ3v) is 7.32. The van der Waals surface area contributed by atoms with Crippen LogP contribution in [0.25, 0.3) is 0 Å². The summed E-state index contributed by atoms with van der Waals surface area (Å²) in [6.45, 7) is 0.326. The Labute approximate surface area is 188 Å². The SMILES string of the molecule is COc1cccc(CNC(=O)C[C@H](NS(=O)(=O)c2ccc(Br)cc2)c2cccs2)c1.